The highest BCUT2D eigenvalue weighted by Gasteiger charge is 1.95. The lowest BCUT2D eigenvalue weighted by atomic mass is 10.4. The highest BCUT2D eigenvalue weighted by atomic mass is 16.3. The minimum absolute atomic E-state index is 0.385. The van der Waals surface area contributed by atoms with E-state index in [0.29, 0.717) is 6.54 Å². The largest absolute Gasteiger partial charge is 0.392 e. The quantitative estimate of drug-likeness (QED) is 0.430. The van der Waals surface area contributed by atoms with Crippen LogP contribution in [0, 0.1) is 0 Å². The molecule has 0 saturated heterocycles. The topological polar surface area (TPSA) is 52.5 Å². The van der Waals surface area contributed by atoms with Crippen molar-refractivity contribution in [3.8, 4) is 0 Å². The summed E-state index contributed by atoms with van der Waals surface area (Å²) in [4.78, 5) is 0. The highest BCUT2D eigenvalue weighted by Crippen LogP contribution is 1.76. The van der Waals surface area contributed by atoms with Gasteiger partial charge in [-0.25, -0.2) is 0 Å². The Bertz CT molecular complexity index is 46.4. The van der Waals surface area contributed by atoms with Gasteiger partial charge in [0.2, 0.25) is 0 Å². The summed E-state index contributed by atoms with van der Waals surface area (Å²) in [6.07, 6.45) is -0.908. The molecule has 3 N–H and O–H groups in total. The maximum absolute atomic E-state index is 8.63. The molecule has 0 aliphatic rings. The molecule has 0 amide bonds. The second-order valence-corrected chi connectivity index (χ2v) is 1.93. The van der Waals surface area contributed by atoms with Gasteiger partial charge in [0.1, 0.15) is 6.23 Å². The predicted octanol–water partition coefficient (Wildman–Crippen LogP) is -0.705. The van der Waals surface area contributed by atoms with Crippen LogP contribution in [-0.2, 0) is 0 Å². The Hall–Kier alpha value is -0.120. The number of aliphatic hydroxyl groups is 2. The summed E-state index contributed by atoms with van der Waals surface area (Å²) in [5.74, 6) is 0. The Morgan fingerprint density at radius 1 is 1.38 bits per heavy atom. The predicted molar refractivity (Wildman–Crippen MR) is 31.4 cm³/mol. The molecule has 1 unspecified atom stereocenters. The van der Waals surface area contributed by atoms with Gasteiger partial charge in [0.15, 0.2) is 0 Å². The smallest absolute Gasteiger partial charge is 0.102 e. The van der Waals surface area contributed by atoms with E-state index in [2.05, 4.69) is 5.32 Å². The maximum Gasteiger partial charge on any atom is 0.102 e. The van der Waals surface area contributed by atoms with Crippen molar-refractivity contribution in [2.24, 2.45) is 0 Å². The first kappa shape index (κ1) is 7.88. The van der Waals surface area contributed by atoms with E-state index in [0.717, 1.165) is 0 Å². The molecule has 0 spiro atoms. The average molecular weight is 119 g/mol. The molecule has 0 radical (unpaired) electrons. The van der Waals surface area contributed by atoms with Crippen LogP contribution >= 0.6 is 0 Å². The standard InChI is InChI=1S/C5H13NO2/c1-4(7)3-6-5(2)8/h4-8H,3H2,1-2H3/t4-,5?/m1/s1. The van der Waals surface area contributed by atoms with Crippen LogP contribution in [0.1, 0.15) is 13.8 Å². The molecule has 0 aliphatic heterocycles. The molecule has 50 valence electrons. The Balaban J connectivity index is 2.93. The van der Waals surface area contributed by atoms with E-state index < -0.39 is 6.23 Å². The van der Waals surface area contributed by atoms with Crippen LogP contribution in [-0.4, -0.2) is 29.1 Å². The summed E-state index contributed by atoms with van der Waals surface area (Å²) in [6, 6.07) is 0. The number of hydrogen-bond acceptors (Lipinski definition) is 3. The molecular formula is C5H13NO2. The zero-order valence-electron chi connectivity index (χ0n) is 5.26. The first-order valence-corrected chi connectivity index (χ1v) is 2.72. The Morgan fingerprint density at radius 2 is 1.88 bits per heavy atom. The van der Waals surface area contributed by atoms with Gasteiger partial charge in [-0.3, -0.25) is 5.32 Å². The first-order valence-electron chi connectivity index (χ1n) is 2.72. The fraction of sp³-hybridized carbons (Fsp3) is 1.00. The first-order chi connectivity index (χ1) is 3.63. The maximum atomic E-state index is 8.63. The molecule has 0 aromatic rings. The summed E-state index contributed by atoms with van der Waals surface area (Å²) in [7, 11) is 0. The van der Waals surface area contributed by atoms with Crippen LogP contribution in [0.5, 0.6) is 0 Å². The molecular weight excluding hydrogens is 106 g/mol. The minimum atomic E-state index is -0.524. The van der Waals surface area contributed by atoms with Gasteiger partial charge in [-0.05, 0) is 13.8 Å². The van der Waals surface area contributed by atoms with Crippen LogP contribution in [0.25, 0.3) is 0 Å². The van der Waals surface area contributed by atoms with Gasteiger partial charge in [0.05, 0.1) is 6.10 Å². The van der Waals surface area contributed by atoms with E-state index >= 15 is 0 Å². The third-order valence-electron chi connectivity index (χ3n) is 0.709. The Morgan fingerprint density at radius 3 is 2.00 bits per heavy atom. The molecule has 0 aromatic heterocycles. The molecule has 0 bridgehead atoms. The van der Waals surface area contributed by atoms with Crippen LogP contribution < -0.4 is 5.32 Å². The van der Waals surface area contributed by atoms with E-state index in [-0.39, 0.29) is 6.10 Å². The van der Waals surface area contributed by atoms with Crippen molar-refractivity contribution in [2.75, 3.05) is 6.54 Å². The van der Waals surface area contributed by atoms with Gasteiger partial charge in [-0.2, -0.15) is 0 Å². The van der Waals surface area contributed by atoms with E-state index in [9.17, 15) is 0 Å². The normalized spacial score (nSPS) is 18.0. The lowest BCUT2D eigenvalue weighted by Gasteiger charge is -2.07. The number of hydrogen-bond donors (Lipinski definition) is 3. The summed E-state index contributed by atoms with van der Waals surface area (Å²) in [5, 5.41) is 19.9. The van der Waals surface area contributed by atoms with Crippen molar-refractivity contribution in [3.63, 3.8) is 0 Å². The number of rotatable bonds is 3. The fourth-order valence-corrected chi connectivity index (χ4v) is 0.341. The summed E-state index contributed by atoms with van der Waals surface area (Å²) < 4.78 is 0. The van der Waals surface area contributed by atoms with Crippen molar-refractivity contribution in [3.05, 3.63) is 0 Å². The third kappa shape index (κ3) is 5.88. The number of aliphatic hydroxyl groups excluding tert-OH is 2. The molecule has 3 heteroatoms. The molecule has 0 heterocycles. The molecule has 0 fully saturated rings. The summed E-state index contributed by atoms with van der Waals surface area (Å²) in [5.41, 5.74) is 0. The summed E-state index contributed by atoms with van der Waals surface area (Å²) >= 11 is 0. The minimum Gasteiger partial charge on any atom is -0.392 e. The molecule has 0 aliphatic carbocycles. The van der Waals surface area contributed by atoms with Crippen LogP contribution in [0.3, 0.4) is 0 Å². The van der Waals surface area contributed by atoms with Gasteiger partial charge in [0.25, 0.3) is 0 Å². The van der Waals surface area contributed by atoms with Crippen LogP contribution in [0.2, 0.25) is 0 Å². The van der Waals surface area contributed by atoms with Crippen molar-refractivity contribution < 1.29 is 10.2 Å². The van der Waals surface area contributed by atoms with E-state index in [1.165, 1.54) is 0 Å². The van der Waals surface area contributed by atoms with Crippen LogP contribution in [0.4, 0.5) is 0 Å². The lowest BCUT2D eigenvalue weighted by molar-refractivity contribution is 0.121. The third-order valence-corrected chi connectivity index (χ3v) is 0.709. The van der Waals surface area contributed by atoms with Crippen molar-refractivity contribution in [1.82, 2.24) is 5.32 Å². The van der Waals surface area contributed by atoms with Crippen LogP contribution in [0.15, 0.2) is 0 Å². The molecule has 0 saturated carbocycles. The second-order valence-electron chi connectivity index (χ2n) is 1.93. The highest BCUT2D eigenvalue weighted by molar-refractivity contribution is 4.51. The van der Waals surface area contributed by atoms with Gasteiger partial charge in [-0.1, -0.05) is 0 Å². The fourth-order valence-electron chi connectivity index (χ4n) is 0.341. The van der Waals surface area contributed by atoms with Crippen molar-refractivity contribution in [1.29, 1.82) is 0 Å². The Labute approximate surface area is 49.3 Å². The zero-order chi connectivity index (χ0) is 6.57. The second kappa shape index (κ2) is 3.83. The molecule has 0 rings (SSSR count). The molecule has 3 nitrogen and oxygen atoms in total. The number of nitrogens with one attached hydrogen (secondary N) is 1. The monoisotopic (exact) mass is 119 g/mol. The average Bonchev–Trinajstić information content (AvgIpc) is 1.61. The lowest BCUT2D eigenvalue weighted by Crippen LogP contribution is -2.31. The van der Waals surface area contributed by atoms with Crippen molar-refractivity contribution in [2.45, 2.75) is 26.2 Å². The summed E-state index contributed by atoms with van der Waals surface area (Å²) in [6.45, 7) is 3.72. The zero-order valence-corrected chi connectivity index (χ0v) is 5.26. The van der Waals surface area contributed by atoms with Gasteiger partial charge >= 0.3 is 0 Å². The van der Waals surface area contributed by atoms with Gasteiger partial charge < -0.3 is 10.2 Å². The van der Waals surface area contributed by atoms with Crippen molar-refractivity contribution >= 4 is 0 Å². The Kier molecular flexibility index (Phi) is 3.77. The molecule has 8 heavy (non-hydrogen) atoms. The van der Waals surface area contributed by atoms with Gasteiger partial charge in [-0.15, -0.1) is 0 Å². The van der Waals surface area contributed by atoms with E-state index in [4.69, 9.17) is 10.2 Å². The molecule has 2 atom stereocenters. The SMILES string of the molecule is CC(O)NC[C@@H](C)O. The van der Waals surface area contributed by atoms with Gasteiger partial charge in [0, 0.05) is 6.54 Å². The van der Waals surface area contributed by atoms with E-state index in [1.807, 2.05) is 0 Å². The van der Waals surface area contributed by atoms with E-state index in [1.54, 1.807) is 13.8 Å². The molecule has 0 aromatic carbocycles.